The van der Waals surface area contributed by atoms with Crippen LogP contribution in [0.1, 0.15) is 22.3 Å². The van der Waals surface area contributed by atoms with E-state index in [0.717, 1.165) is 4.47 Å². The third kappa shape index (κ3) is 5.17. The summed E-state index contributed by atoms with van der Waals surface area (Å²) in [6.07, 6.45) is 0.109. The lowest BCUT2D eigenvalue weighted by atomic mass is 10.2. The van der Waals surface area contributed by atoms with Crippen molar-refractivity contribution < 1.29 is 14.0 Å². The standard InChI is InChI=1S/C17H16BrFN2O2/c1-11-2-7-14(10-15(11)19)21-16(22)8-9-20-17(23)12-3-5-13(18)6-4-12/h2-7,10H,8-9H2,1H3,(H,20,23)(H,21,22). The number of hydrogen-bond donors (Lipinski definition) is 2. The second kappa shape index (κ2) is 7.87. The summed E-state index contributed by atoms with van der Waals surface area (Å²) in [4.78, 5) is 23.7. The van der Waals surface area contributed by atoms with Crippen LogP contribution in [0, 0.1) is 12.7 Å². The molecule has 0 bridgehead atoms. The molecule has 6 heteroatoms. The van der Waals surface area contributed by atoms with Crippen LogP contribution in [0.2, 0.25) is 0 Å². The maximum Gasteiger partial charge on any atom is 0.251 e. The topological polar surface area (TPSA) is 58.2 Å². The zero-order valence-corrected chi connectivity index (χ0v) is 14.1. The molecule has 23 heavy (non-hydrogen) atoms. The molecular weight excluding hydrogens is 363 g/mol. The summed E-state index contributed by atoms with van der Waals surface area (Å²) < 4.78 is 14.3. The van der Waals surface area contributed by atoms with Crippen LogP contribution in [-0.4, -0.2) is 18.4 Å². The van der Waals surface area contributed by atoms with Crippen LogP contribution in [0.4, 0.5) is 10.1 Å². The van der Waals surface area contributed by atoms with Gasteiger partial charge in [-0.1, -0.05) is 22.0 Å². The monoisotopic (exact) mass is 378 g/mol. The molecule has 2 aromatic rings. The van der Waals surface area contributed by atoms with Crippen molar-refractivity contribution in [1.82, 2.24) is 5.32 Å². The molecule has 4 nitrogen and oxygen atoms in total. The van der Waals surface area contributed by atoms with E-state index in [1.807, 2.05) is 0 Å². The summed E-state index contributed by atoms with van der Waals surface area (Å²) in [5.41, 5.74) is 1.44. The highest BCUT2D eigenvalue weighted by atomic mass is 79.9. The summed E-state index contributed by atoms with van der Waals surface area (Å²) in [7, 11) is 0. The van der Waals surface area contributed by atoms with E-state index in [2.05, 4.69) is 26.6 Å². The Morgan fingerprint density at radius 1 is 1.13 bits per heavy atom. The van der Waals surface area contributed by atoms with Crippen molar-refractivity contribution in [1.29, 1.82) is 0 Å². The molecule has 0 atom stereocenters. The zero-order valence-electron chi connectivity index (χ0n) is 12.5. The predicted octanol–water partition coefficient (Wildman–Crippen LogP) is 3.66. The van der Waals surface area contributed by atoms with Gasteiger partial charge in [-0.25, -0.2) is 4.39 Å². The Kier molecular flexibility index (Phi) is 5.87. The van der Waals surface area contributed by atoms with Gasteiger partial charge in [0.25, 0.3) is 5.91 Å². The van der Waals surface area contributed by atoms with Gasteiger partial charge in [0.2, 0.25) is 5.91 Å². The predicted molar refractivity (Wildman–Crippen MR) is 90.9 cm³/mol. The van der Waals surface area contributed by atoms with Gasteiger partial charge >= 0.3 is 0 Å². The molecule has 0 aliphatic heterocycles. The Labute approximate surface area is 142 Å². The quantitative estimate of drug-likeness (QED) is 0.833. The number of carbonyl (C=O) groups is 2. The van der Waals surface area contributed by atoms with Crippen LogP contribution in [0.3, 0.4) is 0 Å². The SMILES string of the molecule is Cc1ccc(NC(=O)CCNC(=O)c2ccc(Br)cc2)cc1F. The number of rotatable bonds is 5. The highest BCUT2D eigenvalue weighted by Crippen LogP contribution is 2.13. The fourth-order valence-electron chi connectivity index (χ4n) is 1.89. The molecule has 2 N–H and O–H groups in total. The molecule has 0 fully saturated rings. The minimum absolute atomic E-state index is 0.109. The van der Waals surface area contributed by atoms with E-state index in [4.69, 9.17) is 0 Å². The number of aryl methyl sites for hydroxylation is 1. The molecule has 2 aromatic carbocycles. The largest absolute Gasteiger partial charge is 0.352 e. The van der Waals surface area contributed by atoms with Crippen molar-refractivity contribution in [3.63, 3.8) is 0 Å². The van der Waals surface area contributed by atoms with Crippen molar-refractivity contribution in [3.8, 4) is 0 Å². The molecule has 0 aliphatic rings. The Morgan fingerprint density at radius 2 is 1.83 bits per heavy atom. The number of anilines is 1. The van der Waals surface area contributed by atoms with E-state index >= 15 is 0 Å². The minimum Gasteiger partial charge on any atom is -0.352 e. The average molecular weight is 379 g/mol. The number of benzene rings is 2. The third-order valence-electron chi connectivity index (χ3n) is 3.20. The van der Waals surface area contributed by atoms with Gasteiger partial charge in [0.05, 0.1) is 0 Å². The van der Waals surface area contributed by atoms with Gasteiger partial charge in [-0.3, -0.25) is 9.59 Å². The summed E-state index contributed by atoms with van der Waals surface area (Å²) in [5.74, 6) is -0.901. The third-order valence-corrected chi connectivity index (χ3v) is 3.73. The number of nitrogens with one attached hydrogen (secondary N) is 2. The molecule has 0 aromatic heterocycles. The van der Waals surface area contributed by atoms with Crippen molar-refractivity contribution in [2.24, 2.45) is 0 Å². The van der Waals surface area contributed by atoms with Crippen molar-refractivity contribution >= 4 is 33.4 Å². The molecule has 2 amide bonds. The number of amides is 2. The van der Waals surface area contributed by atoms with Crippen molar-refractivity contribution in [2.75, 3.05) is 11.9 Å². The van der Waals surface area contributed by atoms with E-state index in [-0.39, 0.29) is 30.6 Å². The van der Waals surface area contributed by atoms with Gasteiger partial charge in [-0.05, 0) is 48.9 Å². The lowest BCUT2D eigenvalue weighted by Crippen LogP contribution is -2.27. The highest BCUT2D eigenvalue weighted by Gasteiger charge is 2.07. The number of hydrogen-bond acceptors (Lipinski definition) is 2. The van der Waals surface area contributed by atoms with Gasteiger partial charge in [0, 0.05) is 28.7 Å². The fourth-order valence-corrected chi connectivity index (χ4v) is 2.15. The van der Waals surface area contributed by atoms with Crippen LogP contribution >= 0.6 is 15.9 Å². The van der Waals surface area contributed by atoms with E-state index < -0.39 is 0 Å². The molecule has 0 radical (unpaired) electrons. The smallest absolute Gasteiger partial charge is 0.251 e. The number of halogens is 2. The van der Waals surface area contributed by atoms with Crippen LogP contribution in [0.5, 0.6) is 0 Å². The van der Waals surface area contributed by atoms with Crippen molar-refractivity contribution in [2.45, 2.75) is 13.3 Å². The Bertz CT molecular complexity index is 717. The summed E-state index contributed by atoms with van der Waals surface area (Å²) in [6, 6.07) is 11.4. The van der Waals surface area contributed by atoms with Crippen LogP contribution < -0.4 is 10.6 Å². The first kappa shape index (κ1) is 17.1. The second-order valence-corrected chi connectivity index (χ2v) is 5.94. The van der Waals surface area contributed by atoms with Crippen LogP contribution in [0.15, 0.2) is 46.9 Å². The molecule has 2 rings (SSSR count). The van der Waals surface area contributed by atoms with Gasteiger partial charge in [-0.2, -0.15) is 0 Å². The van der Waals surface area contributed by atoms with E-state index in [9.17, 15) is 14.0 Å². The number of carbonyl (C=O) groups excluding carboxylic acids is 2. The van der Waals surface area contributed by atoms with E-state index in [1.54, 1.807) is 43.3 Å². The van der Waals surface area contributed by atoms with Gasteiger partial charge < -0.3 is 10.6 Å². The maximum absolute atomic E-state index is 13.4. The first-order valence-electron chi connectivity index (χ1n) is 7.05. The molecule has 0 spiro atoms. The highest BCUT2D eigenvalue weighted by molar-refractivity contribution is 9.10. The molecule has 0 saturated heterocycles. The van der Waals surface area contributed by atoms with E-state index in [1.165, 1.54) is 6.07 Å². The molecule has 0 aliphatic carbocycles. The van der Waals surface area contributed by atoms with Gasteiger partial charge in [-0.15, -0.1) is 0 Å². The van der Waals surface area contributed by atoms with Gasteiger partial charge in [0.1, 0.15) is 5.82 Å². The maximum atomic E-state index is 13.4. The van der Waals surface area contributed by atoms with Gasteiger partial charge in [0.15, 0.2) is 0 Å². The van der Waals surface area contributed by atoms with E-state index in [0.29, 0.717) is 16.8 Å². The molecule has 0 saturated carbocycles. The first-order valence-corrected chi connectivity index (χ1v) is 7.85. The Morgan fingerprint density at radius 3 is 2.48 bits per heavy atom. The zero-order chi connectivity index (χ0) is 16.8. The lowest BCUT2D eigenvalue weighted by Gasteiger charge is -2.08. The first-order chi connectivity index (χ1) is 11.0. The summed E-state index contributed by atoms with van der Waals surface area (Å²) >= 11 is 3.30. The van der Waals surface area contributed by atoms with Crippen molar-refractivity contribution in [3.05, 3.63) is 63.9 Å². The second-order valence-electron chi connectivity index (χ2n) is 5.02. The molecular formula is C17H16BrFN2O2. The summed E-state index contributed by atoms with van der Waals surface area (Å²) in [6.45, 7) is 1.85. The normalized spacial score (nSPS) is 10.2. The molecule has 0 unspecified atom stereocenters. The summed E-state index contributed by atoms with van der Waals surface area (Å²) in [5, 5.41) is 5.26. The van der Waals surface area contributed by atoms with Crippen LogP contribution in [0.25, 0.3) is 0 Å². The average Bonchev–Trinajstić information content (AvgIpc) is 2.51. The Balaban J connectivity index is 1.79. The molecule has 0 heterocycles. The lowest BCUT2D eigenvalue weighted by molar-refractivity contribution is -0.116. The van der Waals surface area contributed by atoms with Crippen LogP contribution in [-0.2, 0) is 4.79 Å². The minimum atomic E-state index is -0.369. The fraction of sp³-hybridized carbons (Fsp3) is 0.176. The molecule has 120 valence electrons. The Hall–Kier alpha value is -2.21.